The molecule has 1 N–H and O–H groups in total. The lowest BCUT2D eigenvalue weighted by Crippen LogP contribution is -2.51. The maximum atomic E-state index is 13.8. The van der Waals surface area contributed by atoms with Crippen LogP contribution >= 0.6 is 0 Å². The zero-order chi connectivity index (χ0) is 27.2. The van der Waals surface area contributed by atoms with Crippen LogP contribution in [0.15, 0.2) is 77.7 Å². The Morgan fingerprint density at radius 3 is 2.00 bits per heavy atom. The summed E-state index contributed by atoms with van der Waals surface area (Å²) in [7, 11) is -4.07. The minimum atomic E-state index is -4.07. The van der Waals surface area contributed by atoms with Gasteiger partial charge in [0.2, 0.25) is 11.8 Å². The molecule has 37 heavy (non-hydrogen) atoms. The van der Waals surface area contributed by atoms with E-state index < -0.39 is 28.5 Å². The monoisotopic (exact) mass is 521 g/mol. The Bertz CT molecular complexity index is 1340. The van der Waals surface area contributed by atoms with Crippen LogP contribution in [0.25, 0.3) is 0 Å². The van der Waals surface area contributed by atoms with Crippen molar-refractivity contribution in [2.75, 3.05) is 17.4 Å². The Labute approximate surface area is 220 Å². The SMILES string of the molecule is CCNC(=O)C(C)N(Cc1ccc(C)cc1)C(=O)CN(c1ccccc1C)S(=O)(=O)c1ccc(C)cc1. The number of benzene rings is 3. The van der Waals surface area contributed by atoms with Gasteiger partial charge in [-0.15, -0.1) is 0 Å². The topological polar surface area (TPSA) is 86.8 Å². The molecule has 0 spiro atoms. The van der Waals surface area contributed by atoms with E-state index in [1.807, 2.05) is 51.1 Å². The smallest absolute Gasteiger partial charge is 0.264 e. The number of rotatable bonds is 10. The van der Waals surface area contributed by atoms with Gasteiger partial charge in [0.1, 0.15) is 12.6 Å². The quantitative estimate of drug-likeness (QED) is 0.430. The van der Waals surface area contributed by atoms with E-state index >= 15 is 0 Å². The molecule has 1 unspecified atom stereocenters. The van der Waals surface area contributed by atoms with Crippen molar-refractivity contribution in [1.29, 1.82) is 0 Å². The summed E-state index contributed by atoms with van der Waals surface area (Å²) in [5.74, 6) is -0.773. The molecule has 0 saturated heterocycles. The maximum absolute atomic E-state index is 13.8. The Morgan fingerprint density at radius 1 is 0.865 bits per heavy atom. The van der Waals surface area contributed by atoms with Crippen molar-refractivity contribution < 1.29 is 18.0 Å². The number of sulfonamides is 1. The van der Waals surface area contributed by atoms with Crippen molar-refractivity contribution in [2.45, 2.75) is 52.1 Å². The molecule has 196 valence electrons. The first-order chi connectivity index (χ1) is 17.5. The van der Waals surface area contributed by atoms with Crippen LogP contribution in [0.2, 0.25) is 0 Å². The first-order valence-electron chi connectivity index (χ1n) is 12.3. The molecule has 0 aliphatic carbocycles. The fraction of sp³-hybridized carbons (Fsp3) is 0.310. The van der Waals surface area contributed by atoms with Crippen LogP contribution in [0.5, 0.6) is 0 Å². The molecule has 3 aromatic carbocycles. The number of amides is 2. The molecule has 0 aliphatic rings. The standard InChI is InChI=1S/C29H35N3O4S/c1-6-30-29(34)24(5)31(19-25-15-11-21(2)12-16-25)28(33)20-32(27-10-8-7-9-23(27)4)37(35,36)26-17-13-22(3)14-18-26/h7-18,24H,6,19-20H2,1-5H3,(H,30,34). The first kappa shape index (κ1) is 27.9. The molecule has 0 aliphatic heterocycles. The zero-order valence-electron chi connectivity index (χ0n) is 22.1. The number of hydrogen-bond donors (Lipinski definition) is 1. The highest BCUT2D eigenvalue weighted by Gasteiger charge is 2.32. The number of anilines is 1. The lowest BCUT2D eigenvalue weighted by Gasteiger charge is -2.32. The summed E-state index contributed by atoms with van der Waals surface area (Å²) in [6, 6.07) is 20.5. The second-order valence-corrected chi connectivity index (χ2v) is 11.1. The molecule has 0 saturated carbocycles. The van der Waals surface area contributed by atoms with Gasteiger partial charge in [0, 0.05) is 13.1 Å². The molecule has 7 nitrogen and oxygen atoms in total. The zero-order valence-corrected chi connectivity index (χ0v) is 22.9. The van der Waals surface area contributed by atoms with Gasteiger partial charge in [-0.2, -0.15) is 0 Å². The average molecular weight is 522 g/mol. The molecular formula is C29H35N3O4S. The summed E-state index contributed by atoms with van der Waals surface area (Å²) in [5.41, 5.74) is 3.98. The molecule has 0 fully saturated rings. The normalized spacial score (nSPS) is 12.0. The first-order valence-corrected chi connectivity index (χ1v) is 13.8. The fourth-order valence-corrected chi connectivity index (χ4v) is 5.47. The summed E-state index contributed by atoms with van der Waals surface area (Å²) in [5, 5.41) is 2.77. The molecular weight excluding hydrogens is 486 g/mol. The fourth-order valence-electron chi connectivity index (χ4n) is 3.99. The van der Waals surface area contributed by atoms with Gasteiger partial charge in [0.15, 0.2) is 0 Å². The van der Waals surface area contributed by atoms with Gasteiger partial charge in [-0.05, 0) is 63.9 Å². The summed E-state index contributed by atoms with van der Waals surface area (Å²) < 4.78 is 28.8. The molecule has 2 amide bonds. The molecule has 1 atom stereocenters. The number of nitrogens with one attached hydrogen (secondary N) is 1. The highest BCUT2D eigenvalue weighted by molar-refractivity contribution is 7.92. The van der Waals surface area contributed by atoms with E-state index in [1.54, 1.807) is 56.3 Å². The number of para-hydroxylation sites is 1. The van der Waals surface area contributed by atoms with Gasteiger partial charge in [0.25, 0.3) is 10.0 Å². The third-order valence-corrected chi connectivity index (χ3v) is 8.04. The number of hydrogen-bond acceptors (Lipinski definition) is 4. The van der Waals surface area contributed by atoms with Crippen molar-refractivity contribution in [3.63, 3.8) is 0 Å². The molecule has 0 radical (unpaired) electrons. The van der Waals surface area contributed by atoms with Crippen molar-refractivity contribution in [3.8, 4) is 0 Å². The van der Waals surface area contributed by atoms with Crippen molar-refractivity contribution >= 4 is 27.5 Å². The second-order valence-electron chi connectivity index (χ2n) is 9.19. The van der Waals surface area contributed by atoms with Gasteiger partial charge in [-0.1, -0.05) is 65.7 Å². The van der Waals surface area contributed by atoms with E-state index in [0.717, 1.165) is 21.0 Å². The molecule has 8 heteroatoms. The Morgan fingerprint density at radius 2 is 1.43 bits per heavy atom. The van der Waals surface area contributed by atoms with Gasteiger partial charge in [-0.25, -0.2) is 8.42 Å². The van der Waals surface area contributed by atoms with E-state index in [9.17, 15) is 18.0 Å². The van der Waals surface area contributed by atoms with E-state index in [4.69, 9.17) is 0 Å². The van der Waals surface area contributed by atoms with Crippen molar-refractivity contribution in [2.24, 2.45) is 0 Å². The molecule has 0 heterocycles. The van der Waals surface area contributed by atoms with Crippen LogP contribution in [0.1, 0.15) is 36.1 Å². The third-order valence-electron chi connectivity index (χ3n) is 6.26. The molecule has 3 aromatic rings. The van der Waals surface area contributed by atoms with Gasteiger partial charge < -0.3 is 10.2 Å². The Hall–Kier alpha value is -3.65. The Balaban J connectivity index is 2.03. The number of carbonyl (C=O) groups is 2. The lowest BCUT2D eigenvalue weighted by molar-refractivity contribution is -0.139. The van der Waals surface area contributed by atoms with Crippen LogP contribution in [-0.4, -0.2) is 44.3 Å². The molecule has 3 rings (SSSR count). The van der Waals surface area contributed by atoms with E-state index in [-0.39, 0.29) is 17.3 Å². The van der Waals surface area contributed by atoms with Crippen molar-refractivity contribution in [3.05, 3.63) is 95.1 Å². The highest BCUT2D eigenvalue weighted by Crippen LogP contribution is 2.27. The third kappa shape index (κ3) is 6.77. The van der Waals surface area contributed by atoms with E-state index in [2.05, 4.69) is 5.32 Å². The Kier molecular flexibility index (Phi) is 9.10. The van der Waals surface area contributed by atoms with Gasteiger partial charge in [-0.3, -0.25) is 13.9 Å². The van der Waals surface area contributed by atoms with Gasteiger partial charge in [0.05, 0.1) is 10.6 Å². The minimum absolute atomic E-state index is 0.0935. The maximum Gasteiger partial charge on any atom is 0.264 e. The van der Waals surface area contributed by atoms with E-state index in [1.165, 1.54) is 4.90 Å². The predicted octanol–water partition coefficient (Wildman–Crippen LogP) is 4.36. The number of nitrogens with zero attached hydrogens (tertiary/aromatic N) is 2. The van der Waals surface area contributed by atoms with Crippen molar-refractivity contribution in [1.82, 2.24) is 10.2 Å². The summed E-state index contributed by atoms with van der Waals surface area (Å²) in [4.78, 5) is 28.1. The number of likely N-dealkylation sites (N-methyl/N-ethyl adjacent to an activating group) is 1. The highest BCUT2D eigenvalue weighted by atomic mass is 32.2. The number of aryl methyl sites for hydroxylation is 3. The summed E-state index contributed by atoms with van der Waals surface area (Å²) in [6.45, 7) is 9.27. The second kappa shape index (κ2) is 12.1. The predicted molar refractivity (Wildman–Crippen MR) is 147 cm³/mol. The largest absolute Gasteiger partial charge is 0.355 e. The number of carbonyl (C=O) groups excluding carboxylic acids is 2. The van der Waals surface area contributed by atoms with E-state index in [0.29, 0.717) is 17.8 Å². The van der Waals surface area contributed by atoms with Crippen LogP contribution in [0.3, 0.4) is 0 Å². The molecule has 0 bridgehead atoms. The molecule has 0 aromatic heterocycles. The average Bonchev–Trinajstić information content (AvgIpc) is 2.87. The summed E-state index contributed by atoms with van der Waals surface area (Å²) in [6.07, 6.45) is 0. The summed E-state index contributed by atoms with van der Waals surface area (Å²) >= 11 is 0. The van der Waals surface area contributed by atoms with Crippen LogP contribution < -0.4 is 9.62 Å². The van der Waals surface area contributed by atoms with Crippen LogP contribution in [-0.2, 0) is 26.2 Å². The van der Waals surface area contributed by atoms with Crippen LogP contribution in [0, 0.1) is 20.8 Å². The van der Waals surface area contributed by atoms with Crippen LogP contribution in [0.4, 0.5) is 5.69 Å². The van der Waals surface area contributed by atoms with Gasteiger partial charge >= 0.3 is 0 Å². The minimum Gasteiger partial charge on any atom is -0.355 e. The lowest BCUT2D eigenvalue weighted by atomic mass is 10.1.